The Morgan fingerprint density at radius 3 is 2.47 bits per heavy atom. The van der Waals surface area contributed by atoms with Crippen LogP contribution in [-0.4, -0.2) is 62.9 Å². The maximum atomic E-state index is 14.1. The molecule has 1 aliphatic carbocycles. The van der Waals surface area contributed by atoms with Gasteiger partial charge in [0.15, 0.2) is 0 Å². The topological polar surface area (TPSA) is 109 Å². The first-order valence-corrected chi connectivity index (χ1v) is 15.4. The Labute approximate surface area is 228 Å². The molecule has 1 saturated carbocycles. The largest absolute Gasteiger partial charge is 0.368 e. The molecule has 10 heteroatoms. The summed E-state index contributed by atoms with van der Waals surface area (Å²) >= 11 is 0. The maximum absolute atomic E-state index is 14.1. The van der Waals surface area contributed by atoms with Gasteiger partial charge in [0.1, 0.15) is 19.2 Å². The molecule has 214 valence electrons. The van der Waals surface area contributed by atoms with Gasteiger partial charge in [-0.05, 0) is 61.6 Å². The van der Waals surface area contributed by atoms with E-state index < -0.39 is 27.8 Å². The van der Waals surface area contributed by atoms with E-state index in [1.165, 1.54) is 11.4 Å². The summed E-state index contributed by atoms with van der Waals surface area (Å²) in [6, 6.07) is 5.92. The molecule has 1 aromatic rings. The summed E-state index contributed by atoms with van der Waals surface area (Å²) in [4.78, 5) is 13.4. The summed E-state index contributed by atoms with van der Waals surface area (Å²) in [6.45, 7) is 10.9. The fraction of sp³-hybridized carbons (Fsp3) is 0.750. The standard InChI is InChI=1S/C28H46N4O5S/c1-18-9-7-10-19(2)25(18)23-14-24-31-27(30-23)32(17-36-6)38(34,35)22-12-8-11-20(13-22)26(33)29-21(16-37-24)15-28(3,4)5/h7,9-10,20-24,27,30-31H,8,11-17H2,1-6H3,(H,29,33)/t20?,21-,22?,23?,24?,27?/m1/s1. The van der Waals surface area contributed by atoms with E-state index >= 15 is 0 Å². The third-order valence-corrected chi connectivity index (χ3v) is 10.3. The maximum Gasteiger partial charge on any atom is 0.223 e. The first kappa shape index (κ1) is 29.4. The molecule has 4 bridgehead atoms. The van der Waals surface area contributed by atoms with Gasteiger partial charge in [-0.3, -0.25) is 15.4 Å². The van der Waals surface area contributed by atoms with E-state index in [2.05, 4.69) is 62.7 Å². The molecule has 1 amide bonds. The lowest BCUT2D eigenvalue weighted by molar-refractivity contribution is -0.128. The molecular formula is C28H46N4O5S. The van der Waals surface area contributed by atoms with Crippen LogP contribution in [0.5, 0.6) is 0 Å². The summed E-state index contributed by atoms with van der Waals surface area (Å²) in [5, 5.41) is 9.56. The second-order valence-corrected chi connectivity index (χ2v) is 14.6. The number of sulfonamides is 1. The number of hydrogen-bond acceptors (Lipinski definition) is 7. The van der Waals surface area contributed by atoms with Crippen molar-refractivity contribution in [2.24, 2.45) is 11.3 Å². The number of nitrogens with zero attached hydrogens (tertiary/aromatic N) is 1. The van der Waals surface area contributed by atoms with E-state index in [4.69, 9.17) is 9.47 Å². The van der Waals surface area contributed by atoms with Crippen molar-refractivity contribution in [1.29, 1.82) is 0 Å². The van der Waals surface area contributed by atoms with Crippen molar-refractivity contribution in [3.63, 3.8) is 0 Å². The van der Waals surface area contributed by atoms with Crippen molar-refractivity contribution in [3.8, 4) is 0 Å². The number of hydrogen-bond donors (Lipinski definition) is 3. The molecule has 6 atom stereocenters. The third-order valence-electron chi connectivity index (χ3n) is 8.04. The van der Waals surface area contributed by atoms with Crippen LogP contribution in [-0.2, 0) is 24.3 Å². The van der Waals surface area contributed by atoms with E-state index in [1.807, 2.05) is 6.07 Å². The molecule has 0 aromatic heterocycles. The first-order valence-electron chi connectivity index (χ1n) is 13.9. The van der Waals surface area contributed by atoms with Crippen molar-refractivity contribution in [2.45, 2.75) is 103 Å². The van der Waals surface area contributed by atoms with Gasteiger partial charge >= 0.3 is 0 Å². The molecule has 0 radical (unpaired) electrons. The molecule has 9 nitrogen and oxygen atoms in total. The highest BCUT2D eigenvalue weighted by Gasteiger charge is 2.44. The Morgan fingerprint density at radius 1 is 1.11 bits per heavy atom. The predicted octanol–water partition coefficient (Wildman–Crippen LogP) is 3.28. The summed E-state index contributed by atoms with van der Waals surface area (Å²) in [7, 11) is -2.29. The van der Waals surface area contributed by atoms with Crippen LogP contribution in [0.1, 0.15) is 82.0 Å². The lowest BCUT2D eigenvalue weighted by Crippen LogP contribution is -2.65. The van der Waals surface area contributed by atoms with Crippen molar-refractivity contribution >= 4 is 15.9 Å². The van der Waals surface area contributed by atoms with Crippen LogP contribution in [0, 0.1) is 25.2 Å². The first-order chi connectivity index (χ1) is 17.9. The number of carbonyl (C=O) groups is 1. The molecule has 1 aromatic carbocycles. The fourth-order valence-electron chi connectivity index (χ4n) is 6.33. The van der Waals surface area contributed by atoms with Crippen LogP contribution in [0.4, 0.5) is 0 Å². The molecule has 3 N–H and O–H groups in total. The lowest BCUT2D eigenvalue weighted by atomic mass is 9.86. The molecule has 3 aliphatic rings. The molecule has 2 heterocycles. The van der Waals surface area contributed by atoms with E-state index in [1.54, 1.807) is 0 Å². The van der Waals surface area contributed by atoms with Gasteiger partial charge in [-0.2, -0.15) is 0 Å². The summed E-state index contributed by atoms with van der Waals surface area (Å²) in [5.41, 5.74) is 3.44. The molecule has 4 rings (SSSR count). The Hall–Kier alpha value is -1.56. The zero-order valence-electron chi connectivity index (χ0n) is 23.7. The Bertz CT molecular complexity index is 1070. The summed E-state index contributed by atoms with van der Waals surface area (Å²) in [6.07, 6.45) is 2.49. The van der Waals surface area contributed by atoms with Crippen molar-refractivity contribution in [3.05, 3.63) is 34.9 Å². The van der Waals surface area contributed by atoms with E-state index in [9.17, 15) is 13.2 Å². The van der Waals surface area contributed by atoms with Crippen LogP contribution in [0.2, 0.25) is 0 Å². The third kappa shape index (κ3) is 6.77. The average Bonchev–Trinajstić information content (AvgIpc) is 2.84. The van der Waals surface area contributed by atoms with Crippen LogP contribution in [0.25, 0.3) is 0 Å². The van der Waals surface area contributed by atoms with Crippen LogP contribution in [0.15, 0.2) is 18.2 Å². The van der Waals surface area contributed by atoms with Gasteiger partial charge in [0, 0.05) is 25.5 Å². The van der Waals surface area contributed by atoms with Gasteiger partial charge in [0.2, 0.25) is 15.9 Å². The minimum Gasteiger partial charge on any atom is -0.368 e. The number of carbonyl (C=O) groups excluding carboxylic acids is 1. The molecular weight excluding hydrogens is 504 g/mol. The van der Waals surface area contributed by atoms with Gasteiger partial charge in [-0.15, -0.1) is 4.31 Å². The molecule has 2 aliphatic heterocycles. The Kier molecular flexibility index (Phi) is 9.21. The molecule has 3 fully saturated rings. The van der Waals surface area contributed by atoms with Gasteiger partial charge in [0.05, 0.1) is 17.9 Å². The average molecular weight is 551 g/mol. The molecule has 2 saturated heterocycles. The monoisotopic (exact) mass is 550 g/mol. The number of rotatable bonds is 4. The minimum absolute atomic E-state index is 0.00610. The summed E-state index contributed by atoms with van der Waals surface area (Å²) < 4.78 is 41.4. The number of fused-ring (bicyclic) bond motifs is 4. The normalized spacial score (nSPS) is 32.9. The molecule has 0 spiro atoms. The highest BCUT2D eigenvalue weighted by atomic mass is 32.2. The van der Waals surface area contributed by atoms with Gasteiger partial charge in [0.25, 0.3) is 0 Å². The highest BCUT2D eigenvalue weighted by Crippen LogP contribution is 2.34. The zero-order chi connectivity index (χ0) is 27.7. The highest BCUT2D eigenvalue weighted by molar-refractivity contribution is 7.89. The van der Waals surface area contributed by atoms with Gasteiger partial charge < -0.3 is 14.8 Å². The fourth-order valence-corrected chi connectivity index (χ4v) is 8.33. The van der Waals surface area contributed by atoms with Crippen LogP contribution in [0.3, 0.4) is 0 Å². The molecule has 5 unspecified atom stereocenters. The summed E-state index contributed by atoms with van der Waals surface area (Å²) in [5.74, 6) is -0.401. The van der Waals surface area contributed by atoms with Crippen LogP contribution >= 0.6 is 0 Å². The van der Waals surface area contributed by atoms with Gasteiger partial charge in [-0.1, -0.05) is 45.4 Å². The van der Waals surface area contributed by atoms with Crippen LogP contribution < -0.4 is 16.0 Å². The zero-order valence-corrected chi connectivity index (χ0v) is 24.6. The second-order valence-electron chi connectivity index (χ2n) is 12.5. The SMILES string of the molecule is COCN1C2NC(CC(c3c(C)cccc3C)N2)OC[C@@H](CC(C)(C)C)NC(=O)C2CCCC(C2)S1(=O)=O. The van der Waals surface area contributed by atoms with E-state index in [-0.39, 0.29) is 36.1 Å². The lowest BCUT2D eigenvalue weighted by Gasteiger charge is -2.43. The van der Waals surface area contributed by atoms with Crippen molar-refractivity contribution < 1.29 is 22.7 Å². The van der Waals surface area contributed by atoms with Gasteiger partial charge in [-0.25, -0.2) is 8.42 Å². The smallest absolute Gasteiger partial charge is 0.223 e. The van der Waals surface area contributed by atoms with E-state index in [0.29, 0.717) is 38.7 Å². The number of amides is 1. The quantitative estimate of drug-likeness (QED) is 0.528. The Morgan fingerprint density at radius 2 is 1.82 bits per heavy atom. The van der Waals surface area contributed by atoms with E-state index in [0.717, 1.165) is 23.1 Å². The minimum atomic E-state index is -3.79. The van der Waals surface area contributed by atoms with Crippen molar-refractivity contribution in [2.75, 3.05) is 20.4 Å². The number of ether oxygens (including phenoxy) is 2. The Balaban J connectivity index is 1.74. The second kappa shape index (κ2) is 11.9. The predicted molar refractivity (Wildman–Crippen MR) is 147 cm³/mol. The number of methoxy groups -OCH3 is 1. The number of benzene rings is 1. The number of nitrogens with one attached hydrogen (secondary N) is 3. The molecule has 38 heavy (non-hydrogen) atoms. The van der Waals surface area contributed by atoms with Crippen molar-refractivity contribution in [1.82, 2.24) is 20.3 Å². The number of aryl methyl sites for hydroxylation is 2.